The van der Waals surface area contributed by atoms with Crippen LogP contribution in [0.4, 0.5) is 0 Å². The van der Waals surface area contributed by atoms with Crippen LogP contribution in [0.2, 0.25) is 0 Å². The first-order valence-electron chi connectivity index (χ1n) is 9.96. The standard InChI is InChI=1S/C24H35N3O2/c1-7-9-19(8-2)22(17(3)4)15-23(28)26-16-21(27(5)6)14-18-10-12-20(13-11-18)24(25)29/h7-13,17,21-22H,1-2,14-16H2,3-6H3,(H2,25,29)(H,26,28)/b19-9+. The number of carbonyl (C=O) groups is 2. The Bertz CT molecular complexity index is 733. The van der Waals surface area contributed by atoms with Crippen LogP contribution >= 0.6 is 0 Å². The van der Waals surface area contributed by atoms with Crippen molar-refractivity contribution in [3.63, 3.8) is 0 Å². The van der Waals surface area contributed by atoms with Crippen molar-refractivity contribution in [1.82, 2.24) is 10.2 Å². The first-order valence-corrected chi connectivity index (χ1v) is 9.96. The van der Waals surface area contributed by atoms with E-state index in [0.717, 1.165) is 17.6 Å². The van der Waals surface area contributed by atoms with Crippen LogP contribution in [0.25, 0.3) is 0 Å². The number of carbonyl (C=O) groups excluding carboxylic acids is 2. The Morgan fingerprint density at radius 1 is 1.17 bits per heavy atom. The topological polar surface area (TPSA) is 75.4 Å². The summed E-state index contributed by atoms with van der Waals surface area (Å²) in [7, 11) is 3.99. The maximum atomic E-state index is 12.6. The fraction of sp³-hybridized carbons (Fsp3) is 0.417. The summed E-state index contributed by atoms with van der Waals surface area (Å²) >= 11 is 0. The smallest absolute Gasteiger partial charge is 0.248 e. The summed E-state index contributed by atoms with van der Waals surface area (Å²) < 4.78 is 0. The molecule has 0 saturated heterocycles. The van der Waals surface area contributed by atoms with Crippen molar-refractivity contribution in [2.45, 2.75) is 32.7 Å². The number of nitrogens with two attached hydrogens (primary N) is 1. The molecule has 5 heteroatoms. The molecule has 0 radical (unpaired) electrons. The third-order valence-electron chi connectivity index (χ3n) is 5.16. The molecular weight excluding hydrogens is 362 g/mol. The number of benzene rings is 1. The number of allylic oxidation sites excluding steroid dienone is 4. The molecule has 5 nitrogen and oxygen atoms in total. The summed E-state index contributed by atoms with van der Waals surface area (Å²) in [5.74, 6) is 0.0107. The average molecular weight is 398 g/mol. The fourth-order valence-corrected chi connectivity index (χ4v) is 3.24. The second kappa shape index (κ2) is 12.0. The van der Waals surface area contributed by atoms with Crippen molar-refractivity contribution in [2.24, 2.45) is 17.6 Å². The highest BCUT2D eigenvalue weighted by atomic mass is 16.1. The van der Waals surface area contributed by atoms with Gasteiger partial charge in [-0.3, -0.25) is 9.59 Å². The summed E-state index contributed by atoms with van der Waals surface area (Å²) in [6, 6.07) is 7.42. The molecule has 0 heterocycles. The SMILES string of the molecule is C=C/C=C(\C=C)C(CC(=O)NCC(Cc1ccc(C(N)=O)cc1)N(C)C)C(C)C. The maximum Gasteiger partial charge on any atom is 0.248 e. The predicted octanol–water partition coefficient (Wildman–Crippen LogP) is 3.34. The largest absolute Gasteiger partial charge is 0.366 e. The molecule has 0 aliphatic carbocycles. The van der Waals surface area contributed by atoms with Gasteiger partial charge in [0.05, 0.1) is 0 Å². The number of nitrogens with zero attached hydrogens (tertiary/aromatic N) is 1. The van der Waals surface area contributed by atoms with E-state index in [1.54, 1.807) is 24.3 Å². The molecule has 0 bridgehead atoms. The van der Waals surface area contributed by atoms with Crippen LogP contribution in [-0.4, -0.2) is 43.4 Å². The number of likely N-dealkylation sites (N-methyl/N-ethyl adjacent to an activating group) is 1. The second-order valence-corrected chi connectivity index (χ2v) is 7.85. The highest BCUT2D eigenvalue weighted by molar-refractivity contribution is 5.92. The molecule has 2 amide bonds. The van der Waals surface area contributed by atoms with Gasteiger partial charge in [0.2, 0.25) is 11.8 Å². The quantitative estimate of drug-likeness (QED) is 0.531. The summed E-state index contributed by atoms with van der Waals surface area (Å²) in [5.41, 5.74) is 7.91. The second-order valence-electron chi connectivity index (χ2n) is 7.85. The van der Waals surface area contributed by atoms with E-state index in [1.807, 2.05) is 32.3 Å². The van der Waals surface area contributed by atoms with Gasteiger partial charge < -0.3 is 16.0 Å². The van der Waals surface area contributed by atoms with Crippen LogP contribution in [-0.2, 0) is 11.2 Å². The van der Waals surface area contributed by atoms with Gasteiger partial charge in [0, 0.05) is 24.6 Å². The highest BCUT2D eigenvalue weighted by Gasteiger charge is 2.21. The summed E-state index contributed by atoms with van der Waals surface area (Å²) in [6.07, 6.45) is 6.63. The Balaban J connectivity index is 2.73. The number of rotatable bonds is 12. The molecule has 1 aromatic rings. The van der Waals surface area contributed by atoms with E-state index in [-0.39, 0.29) is 17.9 Å². The minimum absolute atomic E-state index is 0.0245. The lowest BCUT2D eigenvalue weighted by atomic mass is 9.85. The molecule has 2 unspecified atom stereocenters. The molecule has 0 fully saturated rings. The third-order valence-corrected chi connectivity index (χ3v) is 5.16. The summed E-state index contributed by atoms with van der Waals surface area (Å²) in [4.78, 5) is 25.9. The molecule has 0 aromatic heterocycles. The van der Waals surface area contributed by atoms with E-state index in [9.17, 15) is 9.59 Å². The van der Waals surface area contributed by atoms with Gasteiger partial charge in [0.25, 0.3) is 0 Å². The van der Waals surface area contributed by atoms with E-state index in [2.05, 4.69) is 37.2 Å². The monoisotopic (exact) mass is 397 g/mol. The van der Waals surface area contributed by atoms with Crippen LogP contribution in [0.5, 0.6) is 0 Å². The van der Waals surface area contributed by atoms with Gasteiger partial charge >= 0.3 is 0 Å². The Labute approximate surface area is 175 Å². The first-order chi connectivity index (χ1) is 13.7. The number of primary amides is 1. The van der Waals surface area contributed by atoms with Gasteiger partial charge in [-0.1, -0.05) is 57.4 Å². The van der Waals surface area contributed by atoms with Gasteiger partial charge in [0.15, 0.2) is 0 Å². The Morgan fingerprint density at radius 3 is 2.24 bits per heavy atom. The molecule has 1 aromatic carbocycles. The van der Waals surface area contributed by atoms with Gasteiger partial charge in [-0.15, -0.1) is 0 Å². The Morgan fingerprint density at radius 2 is 1.79 bits per heavy atom. The van der Waals surface area contributed by atoms with E-state index < -0.39 is 5.91 Å². The lowest BCUT2D eigenvalue weighted by Gasteiger charge is -2.26. The predicted molar refractivity (Wildman–Crippen MR) is 121 cm³/mol. The lowest BCUT2D eigenvalue weighted by Crippen LogP contribution is -2.42. The zero-order valence-electron chi connectivity index (χ0n) is 18.2. The third kappa shape index (κ3) is 8.08. The minimum atomic E-state index is -0.433. The van der Waals surface area contributed by atoms with Gasteiger partial charge in [-0.05, 0) is 55.6 Å². The van der Waals surface area contributed by atoms with E-state index in [0.29, 0.717) is 24.4 Å². The molecule has 0 saturated carbocycles. The zero-order chi connectivity index (χ0) is 22.0. The van der Waals surface area contributed by atoms with Gasteiger partial charge in [-0.2, -0.15) is 0 Å². The number of nitrogens with one attached hydrogen (secondary N) is 1. The first kappa shape index (κ1) is 24.4. The van der Waals surface area contributed by atoms with Crippen molar-refractivity contribution >= 4 is 11.8 Å². The van der Waals surface area contributed by atoms with Crippen molar-refractivity contribution in [2.75, 3.05) is 20.6 Å². The minimum Gasteiger partial charge on any atom is -0.366 e. The summed E-state index contributed by atoms with van der Waals surface area (Å²) in [5, 5.41) is 3.08. The molecule has 0 aliphatic heterocycles. The zero-order valence-corrected chi connectivity index (χ0v) is 18.2. The van der Waals surface area contributed by atoms with Gasteiger partial charge in [0.1, 0.15) is 0 Å². The van der Waals surface area contributed by atoms with E-state index in [4.69, 9.17) is 5.73 Å². The van der Waals surface area contributed by atoms with Crippen LogP contribution in [0.3, 0.4) is 0 Å². The fourth-order valence-electron chi connectivity index (χ4n) is 3.24. The maximum absolute atomic E-state index is 12.6. The van der Waals surface area contributed by atoms with Crippen LogP contribution in [0.1, 0.15) is 36.2 Å². The molecule has 3 N–H and O–H groups in total. The number of hydrogen-bond donors (Lipinski definition) is 2. The molecule has 29 heavy (non-hydrogen) atoms. The summed E-state index contributed by atoms with van der Waals surface area (Å²) in [6.45, 7) is 12.4. The average Bonchev–Trinajstić information content (AvgIpc) is 2.67. The molecule has 158 valence electrons. The van der Waals surface area contributed by atoms with Crippen molar-refractivity contribution in [3.8, 4) is 0 Å². The molecule has 0 aliphatic rings. The highest BCUT2D eigenvalue weighted by Crippen LogP contribution is 2.25. The van der Waals surface area contributed by atoms with Crippen LogP contribution in [0.15, 0.2) is 61.2 Å². The van der Waals surface area contributed by atoms with Gasteiger partial charge in [-0.25, -0.2) is 0 Å². The molecule has 1 rings (SSSR count). The molecule has 0 spiro atoms. The van der Waals surface area contributed by atoms with Crippen molar-refractivity contribution in [3.05, 3.63) is 72.4 Å². The number of amides is 2. The van der Waals surface area contributed by atoms with Crippen molar-refractivity contribution < 1.29 is 9.59 Å². The van der Waals surface area contributed by atoms with E-state index in [1.165, 1.54) is 0 Å². The Kier molecular flexibility index (Phi) is 10.1. The van der Waals surface area contributed by atoms with Crippen LogP contribution < -0.4 is 11.1 Å². The van der Waals surface area contributed by atoms with E-state index >= 15 is 0 Å². The molecule has 2 atom stereocenters. The van der Waals surface area contributed by atoms with Crippen molar-refractivity contribution in [1.29, 1.82) is 0 Å². The molecular formula is C24H35N3O2. The lowest BCUT2D eigenvalue weighted by molar-refractivity contribution is -0.122. The Hall–Kier alpha value is -2.66. The van der Waals surface area contributed by atoms with Crippen LogP contribution in [0, 0.1) is 11.8 Å². The number of hydrogen-bond acceptors (Lipinski definition) is 3. The normalized spacial score (nSPS) is 13.8.